The Morgan fingerprint density at radius 3 is 2.10 bits per heavy atom. The van der Waals surface area contributed by atoms with E-state index in [1.165, 1.54) is 0 Å². The van der Waals surface area contributed by atoms with Crippen molar-refractivity contribution in [2.45, 2.75) is 39.2 Å². The third kappa shape index (κ3) is 4.71. The van der Waals surface area contributed by atoms with Gasteiger partial charge in [-0.15, -0.1) is 0 Å². The zero-order chi connectivity index (χ0) is 21.8. The molecule has 2 aromatic carbocycles. The van der Waals surface area contributed by atoms with Gasteiger partial charge in [-0.05, 0) is 68.7 Å². The maximum atomic E-state index is 13.1. The summed E-state index contributed by atoms with van der Waals surface area (Å²) in [6.45, 7) is 5.66. The number of nitrogens with zero attached hydrogens (tertiary/aromatic N) is 2. The summed E-state index contributed by atoms with van der Waals surface area (Å²) in [5.74, 6) is -0.217. The van der Waals surface area contributed by atoms with Crippen LogP contribution in [0.4, 0.5) is 0 Å². The molecule has 5 nitrogen and oxygen atoms in total. The summed E-state index contributed by atoms with van der Waals surface area (Å²) < 4.78 is 2.15. The molecule has 160 valence electrons. The Balaban J connectivity index is 1.51. The second-order valence-electron chi connectivity index (χ2n) is 8.25. The number of nitrogens with one attached hydrogen (secondary N) is 1. The average molecular weight is 416 g/mol. The van der Waals surface area contributed by atoms with Crippen molar-refractivity contribution in [3.05, 3.63) is 89.2 Å². The lowest BCUT2D eigenvalue weighted by Gasteiger charge is -2.24. The topological polar surface area (TPSA) is 54.3 Å². The number of carbonyl (C=O) groups is 2. The molecule has 5 heteroatoms. The molecule has 1 unspecified atom stereocenters. The molecule has 1 aliphatic heterocycles. The van der Waals surface area contributed by atoms with Gasteiger partial charge in [-0.3, -0.25) is 9.59 Å². The number of aryl methyl sites for hydroxylation is 2. The number of rotatable bonds is 6. The average Bonchev–Trinajstić information content (AvgIpc) is 3.44. The molecule has 4 rings (SSSR count). The Kier molecular flexibility index (Phi) is 6.21. The number of likely N-dealkylation sites (tertiary alicyclic amines) is 1. The minimum Gasteiger partial charge on any atom is -0.341 e. The van der Waals surface area contributed by atoms with Gasteiger partial charge < -0.3 is 14.8 Å². The van der Waals surface area contributed by atoms with Crippen LogP contribution in [0.15, 0.2) is 66.7 Å². The van der Waals surface area contributed by atoms with E-state index in [2.05, 4.69) is 35.9 Å². The highest BCUT2D eigenvalue weighted by molar-refractivity contribution is 5.97. The van der Waals surface area contributed by atoms with Gasteiger partial charge >= 0.3 is 0 Å². The zero-order valence-corrected chi connectivity index (χ0v) is 18.2. The second-order valence-corrected chi connectivity index (χ2v) is 8.25. The molecule has 1 fully saturated rings. The van der Waals surface area contributed by atoms with Crippen LogP contribution in [0.5, 0.6) is 0 Å². The molecule has 0 aliphatic carbocycles. The zero-order valence-electron chi connectivity index (χ0n) is 18.2. The molecule has 1 atom stereocenters. The van der Waals surface area contributed by atoms with Crippen LogP contribution in [0, 0.1) is 13.8 Å². The van der Waals surface area contributed by atoms with Crippen molar-refractivity contribution in [1.29, 1.82) is 0 Å². The van der Waals surface area contributed by atoms with Crippen molar-refractivity contribution < 1.29 is 9.59 Å². The number of benzene rings is 2. The lowest BCUT2D eigenvalue weighted by Crippen LogP contribution is -2.49. The summed E-state index contributed by atoms with van der Waals surface area (Å²) in [5, 5.41) is 3.00. The molecule has 1 aromatic heterocycles. The third-order valence-corrected chi connectivity index (χ3v) is 5.96. The molecule has 2 heterocycles. The summed E-state index contributed by atoms with van der Waals surface area (Å²) in [5.41, 5.74) is 4.90. The van der Waals surface area contributed by atoms with E-state index in [4.69, 9.17) is 0 Å². The molecule has 2 amide bonds. The fourth-order valence-corrected chi connectivity index (χ4v) is 4.29. The van der Waals surface area contributed by atoms with Gasteiger partial charge in [0.2, 0.25) is 5.91 Å². The molecule has 0 spiro atoms. The van der Waals surface area contributed by atoms with E-state index in [1.54, 1.807) is 0 Å². The molecule has 1 saturated heterocycles. The quantitative estimate of drug-likeness (QED) is 0.660. The normalized spacial score (nSPS) is 14.5. The van der Waals surface area contributed by atoms with E-state index in [1.807, 2.05) is 59.5 Å². The largest absolute Gasteiger partial charge is 0.341 e. The molecule has 0 bridgehead atoms. The third-order valence-electron chi connectivity index (χ3n) is 5.96. The number of aromatic nitrogens is 1. The fraction of sp³-hybridized carbons (Fsp3) is 0.308. The van der Waals surface area contributed by atoms with Crippen molar-refractivity contribution in [2.75, 3.05) is 13.1 Å². The van der Waals surface area contributed by atoms with E-state index in [0.29, 0.717) is 12.0 Å². The van der Waals surface area contributed by atoms with Crippen molar-refractivity contribution in [2.24, 2.45) is 0 Å². The van der Waals surface area contributed by atoms with Gasteiger partial charge in [0.1, 0.15) is 6.04 Å². The van der Waals surface area contributed by atoms with Crippen LogP contribution in [-0.2, 0) is 11.2 Å². The van der Waals surface area contributed by atoms with Crippen LogP contribution in [0.1, 0.15) is 40.2 Å². The van der Waals surface area contributed by atoms with Crippen molar-refractivity contribution in [3.8, 4) is 5.69 Å². The number of hydrogen-bond donors (Lipinski definition) is 1. The summed E-state index contributed by atoms with van der Waals surface area (Å²) >= 11 is 0. The highest BCUT2D eigenvalue weighted by Gasteiger charge is 2.28. The van der Waals surface area contributed by atoms with Crippen LogP contribution in [0.2, 0.25) is 0 Å². The number of amides is 2. The SMILES string of the molecule is Cc1ccc(C)n1-c1ccc(C(=O)NC(Cc2ccccc2)C(=O)N2CCCC2)cc1. The summed E-state index contributed by atoms with van der Waals surface area (Å²) in [7, 11) is 0. The Morgan fingerprint density at radius 2 is 1.48 bits per heavy atom. The Labute approximate surface area is 183 Å². The molecule has 3 aromatic rings. The van der Waals surface area contributed by atoms with Crippen LogP contribution in [0.3, 0.4) is 0 Å². The first kappa shape index (κ1) is 20.9. The van der Waals surface area contributed by atoms with Crippen LogP contribution >= 0.6 is 0 Å². The van der Waals surface area contributed by atoms with Gasteiger partial charge in [0, 0.05) is 42.1 Å². The van der Waals surface area contributed by atoms with Gasteiger partial charge in [0.15, 0.2) is 0 Å². The van der Waals surface area contributed by atoms with Crippen molar-refractivity contribution >= 4 is 11.8 Å². The van der Waals surface area contributed by atoms with Crippen molar-refractivity contribution in [1.82, 2.24) is 14.8 Å². The highest BCUT2D eigenvalue weighted by Crippen LogP contribution is 2.18. The van der Waals surface area contributed by atoms with E-state index >= 15 is 0 Å². The molecule has 0 saturated carbocycles. The predicted octanol–water partition coefficient (Wildman–Crippen LogP) is 4.06. The molecule has 31 heavy (non-hydrogen) atoms. The standard InChI is InChI=1S/C26H29N3O2/c1-19-10-11-20(2)29(19)23-14-12-22(13-15-23)25(30)27-24(18-21-8-4-3-5-9-21)26(31)28-16-6-7-17-28/h3-5,8-15,24H,6-7,16-18H2,1-2H3,(H,27,30). The Hall–Kier alpha value is -3.34. The van der Waals surface area contributed by atoms with Gasteiger partial charge in [-0.25, -0.2) is 0 Å². The van der Waals surface area contributed by atoms with Gasteiger partial charge in [-0.2, -0.15) is 0 Å². The number of hydrogen-bond acceptors (Lipinski definition) is 2. The van der Waals surface area contributed by atoms with Crippen LogP contribution in [0.25, 0.3) is 5.69 Å². The smallest absolute Gasteiger partial charge is 0.251 e. The monoisotopic (exact) mass is 415 g/mol. The first-order valence-electron chi connectivity index (χ1n) is 10.9. The van der Waals surface area contributed by atoms with Gasteiger partial charge in [0.05, 0.1) is 0 Å². The van der Waals surface area contributed by atoms with Crippen LogP contribution < -0.4 is 5.32 Å². The Morgan fingerprint density at radius 1 is 0.871 bits per heavy atom. The van der Waals surface area contributed by atoms with Gasteiger partial charge in [0.25, 0.3) is 5.91 Å². The Bertz CT molecular complexity index is 1030. The lowest BCUT2D eigenvalue weighted by molar-refractivity contribution is -0.132. The minimum absolute atomic E-state index is 0.00455. The maximum absolute atomic E-state index is 13.1. The maximum Gasteiger partial charge on any atom is 0.251 e. The van der Waals surface area contributed by atoms with Crippen molar-refractivity contribution in [3.63, 3.8) is 0 Å². The fourth-order valence-electron chi connectivity index (χ4n) is 4.29. The van der Waals surface area contributed by atoms with Crippen LogP contribution in [-0.4, -0.2) is 40.4 Å². The van der Waals surface area contributed by atoms with E-state index in [-0.39, 0.29) is 11.8 Å². The first-order valence-corrected chi connectivity index (χ1v) is 10.9. The van der Waals surface area contributed by atoms with Gasteiger partial charge in [-0.1, -0.05) is 30.3 Å². The number of carbonyl (C=O) groups excluding carboxylic acids is 2. The first-order chi connectivity index (χ1) is 15.0. The summed E-state index contributed by atoms with van der Waals surface area (Å²) in [6, 6.07) is 21.0. The van der Waals surface area contributed by atoms with E-state index in [9.17, 15) is 9.59 Å². The second kappa shape index (κ2) is 9.21. The minimum atomic E-state index is -0.568. The predicted molar refractivity (Wildman–Crippen MR) is 122 cm³/mol. The summed E-state index contributed by atoms with van der Waals surface area (Å²) in [4.78, 5) is 28.0. The summed E-state index contributed by atoms with van der Waals surface area (Å²) in [6.07, 6.45) is 2.54. The highest BCUT2D eigenvalue weighted by atomic mass is 16.2. The molecular weight excluding hydrogens is 386 g/mol. The van der Waals surface area contributed by atoms with E-state index in [0.717, 1.165) is 48.6 Å². The molecule has 1 aliphatic rings. The molecule has 0 radical (unpaired) electrons. The molecule has 1 N–H and O–H groups in total. The lowest BCUT2D eigenvalue weighted by atomic mass is 10.0. The van der Waals surface area contributed by atoms with E-state index < -0.39 is 6.04 Å². The molecular formula is C26H29N3O2.